The van der Waals surface area contributed by atoms with Crippen molar-refractivity contribution in [2.45, 2.75) is 31.2 Å². The molecule has 124 valence electrons. The lowest BCUT2D eigenvalue weighted by atomic mass is 9.89. The van der Waals surface area contributed by atoms with Crippen molar-refractivity contribution in [3.05, 3.63) is 35.9 Å². The highest BCUT2D eigenvalue weighted by molar-refractivity contribution is 5.90. The molecule has 1 aromatic carbocycles. The molecule has 3 atom stereocenters. The Hall–Kier alpha value is -1.92. The minimum absolute atomic E-state index is 0.0308. The Morgan fingerprint density at radius 1 is 1.22 bits per heavy atom. The zero-order valence-corrected chi connectivity index (χ0v) is 13.1. The van der Waals surface area contributed by atoms with E-state index >= 15 is 0 Å². The van der Waals surface area contributed by atoms with E-state index in [0.29, 0.717) is 25.4 Å². The van der Waals surface area contributed by atoms with E-state index in [1.807, 2.05) is 23.1 Å². The summed E-state index contributed by atoms with van der Waals surface area (Å²) in [6, 6.07) is 9.68. The lowest BCUT2D eigenvalue weighted by molar-refractivity contribution is -0.143. The van der Waals surface area contributed by atoms with Crippen molar-refractivity contribution in [3.63, 3.8) is 0 Å². The lowest BCUT2D eigenvalue weighted by Gasteiger charge is -2.32. The maximum atomic E-state index is 12.8. The molecule has 6 nitrogen and oxygen atoms in total. The third-order valence-electron chi connectivity index (χ3n) is 4.94. The van der Waals surface area contributed by atoms with Crippen molar-refractivity contribution in [1.29, 1.82) is 0 Å². The number of piperidine rings is 1. The molecule has 6 heteroatoms. The van der Waals surface area contributed by atoms with Crippen LogP contribution in [0, 0.1) is 5.92 Å². The fourth-order valence-electron chi connectivity index (χ4n) is 3.67. The van der Waals surface area contributed by atoms with Gasteiger partial charge < -0.3 is 10.2 Å². The van der Waals surface area contributed by atoms with Crippen LogP contribution < -0.4 is 10.8 Å². The number of amides is 2. The molecule has 2 heterocycles. The van der Waals surface area contributed by atoms with E-state index < -0.39 is 17.9 Å². The van der Waals surface area contributed by atoms with Crippen LogP contribution in [0.2, 0.25) is 0 Å². The van der Waals surface area contributed by atoms with Crippen LogP contribution in [0.25, 0.3) is 0 Å². The summed E-state index contributed by atoms with van der Waals surface area (Å²) in [6.45, 7) is 2.13. The molecule has 1 aromatic rings. The molecule has 0 aromatic heterocycles. The SMILES string of the molecule is O=C(NO)C1CCCNC1C(=O)N1CC[C@H](c2ccccc2)C1. The molecule has 2 amide bonds. The largest absolute Gasteiger partial charge is 0.341 e. The van der Waals surface area contributed by atoms with Gasteiger partial charge in [-0.2, -0.15) is 0 Å². The molecule has 2 aliphatic heterocycles. The molecule has 2 unspecified atom stereocenters. The van der Waals surface area contributed by atoms with Gasteiger partial charge in [-0.15, -0.1) is 0 Å². The van der Waals surface area contributed by atoms with Crippen LogP contribution >= 0.6 is 0 Å². The van der Waals surface area contributed by atoms with E-state index in [1.165, 1.54) is 5.56 Å². The van der Waals surface area contributed by atoms with Gasteiger partial charge in [0.25, 0.3) is 0 Å². The van der Waals surface area contributed by atoms with E-state index in [0.717, 1.165) is 19.4 Å². The second-order valence-electron chi connectivity index (χ2n) is 6.34. The molecule has 3 N–H and O–H groups in total. The number of carbonyl (C=O) groups is 2. The summed E-state index contributed by atoms with van der Waals surface area (Å²) in [5.74, 6) is -0.656. The van der Waals surface area contributed by atoms with Gasteiger partial charge in [0, 0.05) is 19.0 Å². The second-order valence-corrected chi connectivity index (χ2v) is 6.34. The normalized spacial score (nSPS) is 27.7. The monoisotopic (exact) mass is 317 g/mol. The Bertz CT molecular complexity index is 563. The van der Waals surface area contributed by atoms with Gasteiger partial charge in [-0.3, -0.25) is 14.8 Å². The molecule has 0 radical (unpaired) electrons. The number of hydrogen-bond donors (Lipinski definition) is 3. The van der Waals surface area contributed by atoms with Crippen molar-refractivity contribution in [2.75, 3.05) is 19.6 Å². The first-order valence-electron chi connectivity index (χ1n) is 8.21. The van der Waals surface area contributed by atoms with Crippen LogP contribution in [0.5, 0.6) is 0 Å². The zero-order chi connectivity index (χ0) is 16.2. The van der Waals surface area contributed by atoms with Gasteiger partial charge in [0.2, 0.25) is 11.8 Å². The van der Waals surface area contributed by atoms with Gasteiger partial charge in [0.15, 0.2) is 0 Å². The lowest BCUT2D eigenvalue weighted by Crippen LogP contribution is -2.56. The minimum atomic E-state index is -0.537. The van der Waals surface area contributed by atoms with E-state index in [1.54, 1.807) is 5.48 Å². The van der Waals surface area contributed by atoms with E-state index in [-0.39, 0.29) is 5.91 Å². The molecule has 23 heavy (non-hydrogen) atoms. The predicted molar refractivity (Wildman–Crippen MR) is 84.8 cm³/mol. The van der Waals surface area contributed by atoms with Gasteiger partial charge in [0.05, 0.1) is 12.0 Å². The van der Waals surface area contributed by atoms with Gasteiger partial charge in [-0.1, -0.05) is 30.3 Å². The van der Waals surface area contributed by atoms with Crippen molar-refractivity contribution in [3.8, 4) is 0 Å². The van der Waals surface area contributed by atoms with Crippen molar-refractivity contribution in [2.24, 2.45) is 5.92 Å². The second kappa shape index (κ2) is 7.10. The maximum Gasteiger partial charge on any atom is 0.248 e. The highest BCUT2D eigenvalue weighted by atomic mass is 16.5. The van der Waals surface area contributed by atoms with E-state index in [9.17, 15) is 9.59 Å². The zero-order valence-electron chi connectivity index (χ0n) is 13.1. The van der Waals surface area contributed by atoms with Crippen molar-refractivity contribution >= 4 is 11.8 Å². The van der Waals surface area contributed by atoms with Crippen LogP contribution in [0.4, 0.5) is 0 Å². The molecule has 0 aliphatic carbocycles. The first-order valence-corrected chi connectivity index (χ1v) is 8.21. The molecule has 0 spiro atoms. The van der Waals surface area contributed by atoms with E-state index in [4.69, 9.17) is 5.21 Å². The first-order chi connectivity index (χ1) is 11.2. The molecule has 0 bridgehead atoms. The Morgan fingerprint density at radius 3 is 2.74 bits per heavy atom. The molecule has 2 aliphatic rings. The predicted octanol–water partition coefficient (Wildman–Crippen LogP) is 0.876. The summed E-state index contributed by atoms with van der Waals surface area (Å²) in [6.07, 6.45) is 2.39. The molecule has 0 saturated carbocycles. The minimum Gasteiger partial charge on any atom is -0.341 e. The Kier molecular flexibility index (Phi) is 4.93. The summed E-state index contributed by atoms with van der Waals surface area (Å²) >= 11 is 0. The highest BCUT2D eigenvalue weighted by Gasteiger charge is 2.39. The Morgan fingerprint density at radius 2 is 2.00 bits per heavy atom. The van der Waals surface area contributed by atoms with Gasteiger partial charge in [-0.05, 0) is 31.4 Å². The number of rotatable bonds is 3. The summed E-state index contributed by atoms with van der Waals surface area (Å²) in [4.78, 5) is 26.5. The summed E-state index contributed by atoms with van der Waals surface area (Å²) in [5.41, 5.74) is 2.95. The fourth-order valence-corrected chi connectivity index (χ4v) is 3.67. The van der Waals surface area contributed by atoms with Crippen LogP contribution in [-0.2, 0) is 9.59 Å². The number of nitrogens with one attached hydrogen (secondary N) is 2. The number of hydroxylamine groups is 1. The Balaban J connectivity index is 1.67. The van der Waals surface area contributed by atoms with Crippen LogP contribution in [-0.4, -0.2) is 47.6 Å². The van der Waals surface area contributed by atoms with Crippen molar-refractivity contribution < 1.29 is 14.8 Å². The number of likely N-dealkylation sites (tertiary alicyclic amines) is 1. The standard InChI is InChI=1S/C17H23N3O3/c21-16(19-23)14-7-4-9-18-15(14)17(22)20-10-8-13(11-20)12-5-2-1-3-6-12/h1-3,5-6,13-15,18,23H,4,7-11H2,(H,19,21)/t13-,14?,15?/m0/s1. The summed E-state index contributed by atoms with van der Waals surface area (Å²) in [5, 5.41) is 12.0. The van der Waals surface area contributed by atoms with Gasteiger partial charge in [0.1, 0.15) is 0 Å². The van der Waals surface area contributed by atoms with Crippen molar-refractivity contribution in [1.82, 2.24) is 15.7 Å². The summed E-state index contributed by atoms with van der Waals surface area (Å²) in [7, 11) is 0. The van der Waals surface area contributed by atoms with Crippen LogP contribution in [0.15, 0.2) is 30.3 Å². The topological polar surface area (TPSA) is 81.7 Å². The molecular formula is C17H23N3O3. The summed E-state index contributed by atoms with van der Waals surface area (Å²) < 4.78 is 0. The number of nitrogens with zero attached hydrogens (tertiary/aromatic N) is 1. The number of benzene rings is 1. The average molecular weight is 317 g/mol. The molecule has 2 saturated heterocycles. The van der Waals surface area contributed by atoms with Crippen LogP contribution in [0.1, 0.15) is 30.7 Å². The third-order valence-corrected chi connectivity index (χ3v) is 4.94. The average Bonchev–Trinajstić information content (AvgIpc) is 3.11. The highest BCUT2D eigenvalue weighted by Crippen LogP contribution is 2.28. The third kappa shape index (κ3) is 3.38. The maximum absolute atomic E-state index is 12.8. The quantitative estimate of drug-likeness (QED) is 0.571. The van der Waals surface area contributed by atoms with Gasteiger partial charge in [-0.25, -0.2) is 5.48 Å². The molecule has 2 fully saturated rings. The van der Waals surface area contributed by atoms with E-state index in [2.05, 4.69) is 17.4 Å². The Labute approximate surface area is 135 Å². The molecule has 3 rings (SSSR count). The first kappa shape index (κ1) is 16.0. The fraction of sp³-hybridized carbons (Fsp3) is 0.529. The number of hydrogen-bond acceptors (Lipinski definition) is 4. The smallest absolute Gasteiger partial charge is 0.248 e. The number of carbonyl (C=O) groups excluding carboxylic acids is 2. The van der Waals surface area contributed by atoms with Crippen LogP contribution in [0.3, 0.4) is 0 Å². The molecular weight excluding hydrogens is 294 g/mol. The van der Waals surface area contributed by atoms with Gasteiger partial charge >= 0.3 is 0 Å².